The van der Waals surface area contributed by atoms with Crippen LogP contribution in [0.1, 0.15) is 30.8 Å². The quantitative estimate of drug-likeness (QED) is 0.621. The Labute approximate surface area is 188 Å². The summed E-state index contributed by atoms with van der Waals surface area (Å²) in [5, 5.41) is 6.73. The summed E-state index contributed by atoms with van der Waals surface area (Å²) >= 11 is 0. The van der Waals surface area contributed by atoms with Gasteiger partial charge < -0.3 is 14.5 Å². The van der Waals surface area contributed by atoms with Crippen molar-refractivity contribution in [3.63, 3.8) is 0 Å². The minimum Gasteiger partial charge on any atom is -0.381 e. The molecule has 3 fully saturated rings. The van der Waals surface area contributed by atoms with Crippen LogP contribution in [-0.4, -0.2) is 69.5 Å². The first-order valence-electron chi connectivity index (χ1n) is 11.0. The van der Waals surface area contributed by atoms with Crippen molar-refractivity contribution in [3.8, 4) is 0 Å². The van der Waals surface area contributed by atoms with Crippen LogP contribution in [0.15, 0.2) is 18.6 Å². The summed E-state index contributed by atoms with van der Waals surface area (Å²) < 4.78 is 45.0. The van der Waals surface area contributed by atoms with Gasteiger partial charge in [0.05, 0.1) is 24.3 Å². The summed E-state index contributed by atoms with van der Waals surface area (Å²) in [6, 6.07) is 0. The van der Waals surface area contributed by atoms with E-state index in [0.717, 1.165) is 38.5 Å². The summed E-state index contributed by atoms with van der Waals surface area (Å²) in [6.45, 7) is 6.06. The van der Waals surface area contributed by atoms with Crippen molar-refractivity contribution in [1.82, 2.24) is 30.1 Å². The van der Waals surface area contributed by atoms with Crippen LogP contribution in [0.4, 0.5) is 24.7 Å². The fourth-order valence-corrected chi connectivity index (χ4v) is 4.61. The predicted octanol–water partition coefficient (Wildman–Crippen LogP) is 2.98. The number of nitrogens with one attached hydrogen (secondary N) is 1. The van der Waals surface area contributed by atoms with Gasteiger partial charge in [0, 0.05) is 44.8 Å². The average Bonchev–Trinajstić information content (AvgIpc) is 3.54. The van der Waals surface area contributed by atoms with Crippen LogP contribution >= 0.6 is 0 Å². The van der Waals surface area contributed by atoms with E-state index in [9.17, 15) is 13.2 Å². The van der Waals surface area contributed by atoms with Crippen LogP contribution < -0.4 is 9.80 Å². The Morgan fingerprint density at radius 3 is 2.45 bits per heavy atom. The molecule has 1 N–H and O–H groups in total. The number of anilines is 2. The van der Waals surface area contributed by atoms with Gasteiger partial charge in [-0.05, 0) is 26.2 Å². The lowest BCUT2D eigenvalue weighted by Crippen LogP contribution is -2.58. The highest BCUT2D eigenvalue weighted by molar-refractivity contribution is 5.70. The van der Waals surface area contributed by atoms with Gasteiger partial charge in [0.25, 0.3) is 0 Å². The Kier molecular flexibility index (Phi) is 5.55. The number of aromatic amines is 1. The van der Waals surface area contributed by atoms with Crippen LogP contribution in [0, 0.1) is 12.3 Å². The van der Waals surface area contributed by atoms with E-state index < -0.39 is 11.9 Å². The largest absolute Gasteiger partial charge is 0.435 e. The van der Waals surface area contributed by atoms with Gasteiger partial charge >= 0.3 is 6.18 Å². The van der Waals surface area contributed by atoms with E-state index in [1.165, 1.54) is 26.0 Å². The molecular formula is C21H25F3N8O. The molecule has 3 saturated heterocycles. The van der Waals surface area contributed by atoms with E-state index in [1.807, 2.05) is 0 Å². The van der Waals surface area contributed by atoms with Crippen LogP contribution in [0.2, 0.25) is 0 Å². The van der Waals surface area contributed by atoms with Crippen LogP contribution in [0.3, 0.4) is 0 Å². The molecule has 3 aliphatic rings. The van der Waals surface area contributed by atoms with Crippen molar-refractivity contribution >= 4 is 22.7 Å². The average molecular weight is 462 g/mol. The zero-order valence-electron chi connectivity index (χ0n) is 18.3. The number of ether oxygens (including phenoxy) is 1. The number of hydrogen-bond acceptors (Lipinski definition) is 8. The summed E-state index contributed by atoms with van der Waals surface area (Å²) in [4.78, 5) is 20.3. The molecule has 3 aromatic rings. The first-order chi connectivity index (χ1) is 15.8. The molecule has 0 radical (unpaired) electrons. The van der Waals surface area contributed by atoms with Gasteiger partial charge in [-0.25, -0.2) is 19.9 Å². The van der Waals surface area contributed by atoms with E-state index in [4.69, 9.17) is 4.74 Å². The minimum absolute atomic E-state index is 0.0563. The number of rotatable bonds is 2. The van der Waals surface area contributed by atoms with Crippen molar-refractivity contribution < 1.29 is 17.9 Å². The number of aromatic nitrogens is 6. The molecule has 0 aliphatic carbocycles. The molecule has 0 unspecified atom stereocenters. The number of hydrogen-bond donors (Lipinski definition) is 1. The number of H-pyrrole nitrogens is 1. The Bertz CT molecular complexity index is 1120. The second-order valence-electron chi connectivity index (χ2n) is 8.83. The van der Waals surface area contributed by atoms with Crippen LogP contribution in [0.25, 0.3) is 11.2 Å². The van der Waals surface area contributed by atoms with Crippen molar-refractivity contribution in [3.05, 3.63) is 30.1 Å². The second kappa shape index (κ2) is 8.40. The minimum atomic E-state index is -4.50. The SMILES string of the molecule is C1CCOC1.Cc1ncc(N2CC3(CCN(c4cnc5cn[nH]c5n4)C3)C2)c(C(F)(F)F)n1. The molecule has 0 saturated carbocycles. The fourth-order valence-electron chi connectivity index (χ4n) is 4.61. The van der Waals surface area contributed by atoms with E-state index in [1.54, 1.807) is 17.3 Å². The highest BCUT2D eigenvalue weighted by atomic mass is 19.4. The normalized spacial score (nSPS) is 19.6. The molecule has 9 nitrogen and oxygen atoms in total. The third-order valence-corrected chi connectivity index (χ3v) is 6.29. The van der Waals surface area contributed by atoms with Crippen molar-refractivity contribution in [2.45, 2.75) is 32.4 Å². The Hall–Kier alpha value is -3.02. The van der Waals surface area contributed by atoms with E-state index in [0.29, 0.717) is 24.3 Å². The molecule has 6 rings (SSSR count). The Morgan fingerprint density at radius 2 is 1.76 bits per heavy atom. The Balaban J connectivity index is 0.000000406. The molecule has 176 valence electrons. The van der Waals surface area contributed by atoms with Crippen molar-refractivity contribution in [2.75, 3.05) is 49.2 Å². The number of nitrogens with zero attached hydrogens (tertiary/aromatic N) is 7. The maximum atomic E-state index is 13.4. The van der Waals surface area contributed by atoms with Crippen molar-refractivity contribution in [1.29, 1.82) is 0 Å². The van der Waals surface area contributed by atoms with Gasteiger partial charge in [-0.3, -0.25) is 5.10 Å². The van der Waals surface area contributed by atoms with Gasteiger partial charge in [-0.2, -0.15) is 18.3 Å². The first kappa shape index (κ1) is 21.8. The standard InChI is InChI=1S/C17H17F3N8.C4H8O/c1-10-21-5-12(14(24-10)17(18,19)20)28-8-16(9-28)2-3-27(7-16)13-6-22-11-4-23-26-15(11)25-13;1-2-4-5-3-1/h4-6H,2-3,7-9H2,1H3,(H,23,25,26);1-4H2. The van der Waals surface area contributed by atoms with E-state index >= 15 is 0 Å². The highest BCUT2D eigenvalue weighted by Gasteiger charge is 2.50. The summed E-state index contributed by atoms with van der Waals surface area (Å²) in [5.41, 5.74) is 0.464. The van der Waals surface area contributed by atoms with Gasteiger partial charge in [0.15, 0.2) is 11.3 Å². The molecule has 0 atom stereocenters. The van der Waals surface area contributed by atoms with E-state index in [2.05, 4.69) is 35.0 Å². The van der Waals surface area contributed by atoms with Crippen LogP contribution in [0.5, 0.6) is 0 Å². The lowest BCUT2D eigenvalue weighted by molar-refractivity contribution is -0.141. The van der Waals surface area contributed by atoms with E-state index in [-0.39, 0.29) is 16.9 Å². The number of halogens is 3. The van der Waals surface area contributed by atoms with Gasteiger partial charge in [-0.15, -0.1) is 0 Å². The van der Waals surface area contributed by atoms with Crippen molar-refractivity contribution in [2.24, 2.45) is 5.41 Å². The molecule has 0 amide bonds. The molecule has 3 aliphatic heterocycles. The molecule has 12 heteroatoms. The monoisotopic (exact) mass is 462 g/mol. The maximum absolute atomic E-state index is 13.4. The van der Waals surface area contributed by atoms with Gasteiger partial charge in [0.1, 0.15) is 17.2 Å². The third kappa shape index (κ3) is 4.43. The fraction of sp³-hybridized carbons (Fsp3) is 0.571. The summed E-state index contributed by atoms with van der Waals surface area (Å²) in [6.07, 6.45) is 3.55. The lowest BCUT2D eigenvalue weighted by Gasteiger charge is -2.49. The number of aryl methyl sites for hydroxylation is 1. The predicted molar refractivity (Wildman–Crippen MR) is 115 cm³/mol. The van der Waals surface area contributed by atoms with Gasteiger partial charge in [-0.1, -0.05) is 0 Å². The molecular weight excluding hydrogens is 437 g/mol. The smallest absolute Gasteiger partial charge is 0.381 e. The second-order valence-corrected chi connectivity index (χ2v) is 8.83. The highest BCUT2D eigenvalue weighted by Crippen LogP contribution is 2.45. The third-order valence-electron chi connectivity index (χ3n) is 6.29. The zero-order chi connectivity index (χ0) is 23.1. The molecule has 3 aromatic heterocycles. The molecule has 1 spiro atoms. The number of fused-ring (bicyclic) bond motifs is 1. The molecule has 0 bridgehead atoms. The number of alkyl halides is 3. The lowest BCUT2D eigenvalue weighted by atomic mass is 9.78. The summed E-state index contributed by atoms with van der Waals surface area (Å²) in [5.74, 6) is 0.868. The zero-order valence-corrected chi connectivity index (χ0v) is 18.3. The topological polar surface area (TPSA) is 96.0 Å². The van der Waals surface area contributed by atoms with Gasteiger partial charge in [0.2, 0.25) is 0 Å². The molecule has 6 heterocycles. The molecule has 33 heavy (non-hydrogen) atoms. The maximum Gasteiger partial charge on any atom is 0.435 e. The Morgan fingerprint density at radius 1 is 1.00 bits per heavy atom. The van der Waals surface area contributed by atoms with Crippen LogP contribution in [-0.2, 0) is 10.9 Å². The molecule has 0 aromatic carbocycles. The first-order valence-corrected chi connectivity index (χ1v) is 11.0. The summed E-state index contributed by atoms with van der Waals surface area (Å²) in [7, 11) is 0.